The van der Waals surface area contributed by atoms with Gasteiger partial charge in [0.15, 0.2) is 11.6 Å². The Kier molecular flexibility index (Phi) is 3.09. The monoisotopic (exact) mass is 253 g/mol. The molecule has 4 heteroatoms. The Morgan fingerprint density at radius 3 is 2.79 bits per heavy atom. The van der Waals surface area contributed by atoms with Crippen molar-refractivity contribution in [3.05, 3.63) is 47.3 Å². The average Bonchev–Trinajstić information content (AvgIpc) is 2.47. The highest BCUT2D eigenvalue weighted by Gasteiger charge is 2.12. The highest BCUT2D eigenvalue weighted by atomic mass is 16.1. The third-order valence-electron chi connectivity index (χ3n) is 3.36. The van der Waals surface area contributed by atoms with E-state index in [0.717, 1.165) is 36.6 Å². The van der Waals surface area contributed by atoms with E-state index in [4.69, 9.17) is 0 Å². The zero-order valence-electron chi connectivity index (χ0n) is 10.8. The number of hydrogen-bond acceptors (Lipinski definition) is 4. The number of nitrogens with zero attached hydrogens (tertiary/aromatic N) is 2. The van der Waals surface area contributed by atoms with Crippen molar-refractivity contribution in [3.8, 4) is 11.4 Å². The molecule has 0 atom stereocenters. The number of hydrogen-bond donors (Lipinski definition) is 1. The van der Waals surface area contributed by atoms with Crippen molar-refractivity contribution in [2.45, 2.75) is 19.9 Å². The lowest BCUT2D eigenvalue weighted by Crippen LogP contribution is -2.24. The lowest BCUT2D eigenvalue weighted by molar-refractivity contribution is 0.101. The third kappa shape index (κ3) is 2.39. The van der Waals surface area contributed by atoms with Crippen LogP contribution in [0.3, 0.4) is 0 Å². The summed E-state index contributed by atoms with van der Waals surface area (Å²) in [5, 5.41) is 3.30. The van der Waals surface area contributed by atoms with Gasteiger partial charge in [-0.05, 0) is 6.92 Å². The van der Waals surface area contributed by atoms with E-state index >= 15 is 0 Å². The van der Waals surface area contributed by atoms with Crippen LogP contribution in [0.5, 0.6) is 0 Å². The second-order valence-electron chi connectivity index (χ2n) is 4.73. The van der Waals surface area contributed by atoms with Gasteiger partial charge >= 0.3 is 0 Å². The molecule has 4 nitrogen and oxygen atoms in total. The molecule has 0 aliphatic carbocycles. The average molecular weight is 253 g/mol. The van der Waals surface area contributed by atoms with Gasteiger partial charge in [0.05, 0.1) is 5.69 Å². The minimum atomic E-state index is 0.0731. The van der Waals surface area contributed by atoms with E-state index in [9.17, 15) is 4.79 Å². The van der Waals surface area contributed by atoms with Crippen molar-refractivity contribution in [2.24, 2.45) is 0 Å². The molecule has 96 valence electrons. The van der Waals surface area contributed by atoms with Gasteiger partial charge in [0.25, 0.3) is 0 Å². The molecule has 1 aromatic carbocycles. The van der Waals surface area contributed by atoms with E-state index in [1.54, 1.807) is 6.92 Å². The molecule has 1 aliphatic rings. The molecule has 0 saturated heterocycles. The maximum Gasteiger partial charge on any atom is 0.159 e. The van der Waals surface area contributed by atoms with Crippen molar-refractivity contribution < 1.29 is 4.79 Å². The van der Waals surface area contributed by atoms with Gasteiger partial charge in [-0.1, -0.05) is 24.3 Å². The molecule has 3 rings (SSSR count). The summed E-state index contributed by atoms with van der Waals surface area (Å²) in [4.78, 5) is 20.3. The van der Waals surface area contributed by atoms with Gasteiger partial charge in [-0.15, -0.1) is 0 Å². The Balaban J connectivity index is 1.95. The number of ketones is 1. The van der Waals surface area contributed by atoms with Crippen LogP contribution in [0.15, 0.2) is 30.5 Å². The minimum Gasteiger partial charge on any atom is -0.312 e. The minimum absolute atomic E-state index is 0.0731. The molecular weight excluding hydrogens is 238 g/mol. The summed E-state index contributed by atoms with van der Waals surface area (Å²) in [6.07, 6.45) is 2.83. The Morgan fingerprint density at radius 1 is 1.26 bits per heavy atom. The van der Waals surface area contributed by atoms with Crippen molar-refractivity contribution >= 4 is 5.78 Å². The van der Waals surface area contributed by atoms with E-state index in [1.807, 2.05) is 30.5 Å². The molecule has 0 unspecified atom stereocenters. The van der Waals surface area contributed by atoms with Crippen LogP contribution >= 0.6 is 0 Å². The van der Waals surface area contributed by atoms with Crippen molar-refractivity contribution in [3.63, 3.8) is 0 Å². The van der Waals surface area contributed by atoms with Crippen molar-refractivity contribution in [1.82, 2.24) is 15.3 Å². The van der Waals surface area contributed by atoms with Gasteiger partial charge in [-0.25, -0.2) is 9.97 Å². The highest BCUT2D eigenvalue weighted by Crippen LogP contribution is 2.19. The first-order chi connectivity index (χ1) is 9.24. The number of rotatable bonds is 2. The molecule has 0 saturated carbocycles. The van der Waals surface area contributed by atoms with Crippen LogP contribution in [-0.4, -0.2) is 22.3 Å². The second kappa shape index (κ2) is 4.90. The first-order valence-corrected chi connectivity index (χ1v) is 6.41. The SMILES string of the molecule is CC(=O)c1ccc(-c2ncc3c(n2)CCNC3)cc1. The molecule has 19 heavy (non-hydrogen) atoms. The van der Waals surface area contributed by atoms with Crippen LogP contribution in [0.2, 0.25) is 0 Å². The van der Waals surface area contributed by atoms with Gasteiger partial charge in [0.1, 0.15) is 0 Å². The molecular formula is C15H15N3O. The Morgan fingerprint density at radius 2 is 2.05 bits per heavy atom. The van der Waals surface area contributed by atoms with E-state index < -0.39 is 0 Å². The second-order valence-corrected chi connectivity index (χ2v) is 4.73. The quantitative estimate of drug-likeness (QED) is 0.832. The van der Waals surface area contributed by atoms with Crippen LogP contribution in [-0.2, 0) is 13.0 Å². The number of benzene rings is 1. The molecule has 0 bridgehead atoms. The summed E-state index contributed by atoms with van der Waals surface area (Å²) in [5.74, 6) is 0.805. The van der Waals surface area contributed by atoms with Crippen LogP contribution in [0.25, 0.3) is 11.4 Å². The summed E-state index contributed by atoms with van der Waals surface area (Å²) in [7, 11) is 0. The zero-order valence-corrected chi connectivity index (χ0v) is 10.8. The van der Waals surface area contributed by atoms with Crippen LogP contribution in [0.4, 0.5) is 0 Å². The number of carbonyl (C=O) groups is 1. The topological polar surface area (TPSA) is 54.9 Å². The fourth-order valence-electron chi connectivity index (χ4n) is 2.23. The van der Waals surface area contributed by atoms with Gasteiger partial charge in [0, 0.05) is 42.4 Å². The summed E-state index contributed by atoms with van der Waals surface area (Å²) >= 11 is 0. The fraction of sp³-hybridized carbons (Fsp3) is 0.267. The summed E-state index contributed by atoms with van der Waals surface area (Å²) in [6.45, 7) is 3.38. The van der Waals surface area contributed by atoms with Crippen molar-refractivity contribution in [2.75, 3.05) is 6.54 Å². The summed E-state index contributed by atoms with van der Waals surface area (Å²) in [6, 6.07) is 7.45. The normalized spacial score (nSPS) is 13.9. The molecule has 1 N–H and O–H groups in total. The van der Waals surface area contributed by atoms with E-state index in [0.29, 0.717) is 5.56 Å². The molecule has 2 aromatic rings. The Bertz CT molecular complexity index is 620. The van der Waals surface area contributed by atoms with Crippen LogP contribution in [0, 0.1) is 0 Å². The van der Waals surface area contributed by atoms with E-state index in [1.165, 1.54) is 5.56 Å². The van der Waals surface area contributed by atoms with E-state index in [-0.39, 0.29) is 5.78 Å². The molecule has 1 aliphatic heterocycles. The number of carbonyl (C=O) groups excluding carboxylic acids is 1. The lowest BCUT2D eigenvalue weighted by Gasteiger charge is -2.16. The molecule has 0 fully saturated rings. The first kappa shape index (κ1) is 12.0. The molecule has 0 amide bonds. The van der Waals surface area contributed by atoms with Crippen molar-refractivity contribution in [1.29, 1.82) is 0 Å². The molecule has 0 spiro atoms. The number of Topliss-reactive ketones (excluding diaryl/α,β-unsaturated/α-hetero) is 1. The number of aromatic nitrogens is 2. The first-order valence-electron chi connectivity index (χ1n) is 6.41. The highest BCUT2D eigenvalue weighted by molar-refractivity contribution is 5.94. The molecule has 2 heterocycles. The molecule has 1 aromatic heterocycles. The summed E-state index contributed by atoms with van der Waals surface area (Å²) in [5.41, 5.74) is 3.96. The maximum absolute atomic E-state index is 11.2. The van der Waals surface area contributed by atoms with Crippen LogP contribution < -0.4 is 5.32 Å². The number of nitrogens with one attached hydrogen (secondary N) is 1. The Hall–Kier alpha value is -2.07. The standard InChI is InChI=1S/C15H15N3O/c1-10(19)11-2-4-12(5-3-11)15-17-9-13-8-16-7-6-14(13)18-15/h2-5,9,16H,6-8H2,1H3. The predicted molar refractivity (Wildman–Crippen MR) is 72.9 cm³/mol. The van der Waals surface area contributed by atoms with E-state index in [2.05, 4.69) is 15.3 Å². The largest absolute Gasteiger partial charge is 0.312 e. The third-order valence-corrected chi connectivity index (χ3v) is 3.36. The van der Waals surface area contributed by atoms with Gasteiger partial charge in [-0.3, -0.25) is 4.79 Å². The predicted octanol–water partition coefficient (Wildman–Crippen LogP) is 1.99. The van der Waals surface area contributed by atoms with Gasteiger partial charge in [-0.2, -0.15) is 0 Å². The summed E-state index contributed by atoms with van der Waals surface area (Å²) < 4.78 is 0. The smallest absolute Gasteiger partial charge is 0.159 e. The fourth-order valence-corrected chi connectivity index (χ4v) is 2.23. The zero-order chi connectivity index (χ0) is 13.2. The maximum atomic E-state index is 11.2. The van der Waals surface area contributed by atoms with Crippen LogP contribution in [0.1, 0.15) is 28.5 Å². The van der Waals surface area contributed by atoms with Gasteiger partial charge < -0.3 is 5.32 Å². The molecule has 0 radical (unpaired) electrons. The van der Waals surface area contributed by atoms with Gasteiger partial charge in [0.2, 0.25) is 0 Å². The Labute approximate surface area is 111 Å². The lowest BCUT2D eigenvalue weighted by atomic mass is 10.1. The number of fused-ring (bicyclic) bond motifs is 1.